The summed E-state index contributed by atoms with van der Waals surface area (Å²) in [5, 5.41) is 6.89. The van der Waals surface area contributed by atoms with Crippen LogP contribution in [0, 0.1) is 3.57 Å². The third-order valence-corrected chi connectivity index (χ3v) is 4.26. The highest BCUT2D eigenvalue weighted by Crippen LogP contribution is 2.15. The third-order valence-electron chi connectivity index (χ3n) is 3.54. The molecule has 0 atom stereocenters. The maximum atomic E-state index is 12.1. The first-order valence-corrected chi connectivity index (χ1v) is 9.04. The molecule has 5 nitrogen and oxygen atoms in total. The minimum absolute atomic E-state index is 0.116. The van der Waals surface area contributed by atoms with Crippen molar-refractivity contribution in [2.24, 2.45) is 5.10 Å². The van der Waals surface area contributed by atoms with Crippen LogP contribution in [0.5, 0.6) is 0 Å². The number of carbonyl (C=O) groups is 2. The second kappa shape index (κ2) is 9.31. The average Bonchev–Trinajstić information content (AvgIpc) is 2.60. The number of halogens is 1. The van der Waals surface area contributed by atoms with Gasteiger partial charge in [-0.3, -0.25) is 9.59 Å². The number of anilines is 1. The zero-order valence-corrected chi connectivity index (χ0v) is 16.3. The fraction of sp³-hybridized carbons (Fsp3) is 0.211. The Morgan fingerprint density at radius 3 is 2.44 bits per heavy atom. The fourth-order valence-corrected chi connectivity index (χ4v) is 2.59. The van der Waals surface area contributed by atoms with E-state index < -0.39 is 0 Å². The minimum atomic E-state index is -0.299. The van der Waals surface area contributed by atoms with E-state index in [2.05, 4.69) is 38.4 Å². The van der Waals surface area contributed by atoms with Crippen LogP contribution in [0.4, 0.5) is 5.69 Å². The molecule has 0 heterocycles. The number of nitrogens with zero attached hydrogens (tertiary/aromatic N) is 1. The lowest BCUT2D eigenvalue weighted by molar-refractivity contribution is -0.115. The Morgan fingerprint density at radius 1 is 1.08 bits per heavy atom. The lowest BCUT2D eigenvalue weighted by Gasteiger charge is -2.09. The van der Waals surface area contributed by atoms with Crippen LogP contribution in [0.25, 0.3) is 0 Å². The van der Waals surface area contributed by atoms with E-state index in [0.29, 0.717) is 11.3 Å². The largest absolute Gasteiger partial charge is 0.326 e. The van der Waals surface area contributed by atoms with Crippen molar-refractivity contribution in [1.29, 1.82) is 0 Å². The van der Waals surface area contributed by atoms with Gasteiger partial charge in [-0.1, -0.05) is 25.1 Å². The molecular weight excluding hydrogens is 429 g/mol. The molecule has 0 bridgehead atoms. The van der Waals surface area contributed by atoms with Gasteiger partial charge in [0.25, 0.3) is 5.91 Å². The number of nitrogens with one attached hydrogen (secondary N) is 2. The summed E-state index contributed by atoms with van der Waals surface area (Å²) in [4.78, 5) is 24.1. The first-order chi connectivity index (χ1) is 12.0. The van der Waals surface area contributed by atoms with Crippen LogP contribution in [-0.2, 0) is 11.2 Å². The molecule has 2 aromatic rings. The maximum Gasteiger partial charge on any atom is 0.271 e. The van der Waals surface area contributed by atoms with E-state index in [-0.39, 0.29) is 18.2 Å². The zero-order chi connectivity index (χ0) is 18.2. The summed E-state index contributed by atoms with van der Waals surface area (Å²) in [5.41, 5.74) is 5.43. The predicted molar refractivity (Wildman–Crippen MR) is 109 cm³/mol. The Balaban J connectivity index is 1.90. The Hall–Kier alpha value is -2.22. The van der Waals surface area contributed by atoms with Crippen molar-refractivity contribution >= 4 is 45.8 Å². The number of hydrazone groups is 1. The van der Waals surface area contributed by atoms with Crippen LogP contribution in [0.1, 0.15) is 36.2 Å². The molecule has 130 valence electrons. The smallest absolute Gasteiger partial charge is 0.271 e. The lowest BCUT2D eigenvalue weighted by Crippen LogP contribution is -2.21. The summed E-state index contributed by atoms with van der Waals surface area (Å²) >= 11 is 2.18. The standard InChI is InChI=1S/C19H20IN3O2/c1-3-14-6-4-5-7-17(14)21-18(24)12-13(2)22-23-19(25)15-8-10-16(20)11-9-15/h4-11H,3,12H2,1-2H3,(H,21,24)(H,23,25)/b22-13+. The molecule has 6 heteroatoms. The van der Waals surface area contributed by atoms with Crippen molar-refractivity contribution < 1.29 is 9.59 Å². The number of aryl methyl sites for hydroxylation is 1. The molecule has 0 spiro atoms. The van der Waals surface area contributed by atoms with Gasteiger partial charge >= 0.3 is 0 Å². The molecule has 2 aromatic carbocycles. The molecule has 0 saturated carbocycles. The summed E-state index contributed by atoms with van der Waals surface area (Å²) in [6.07, 6.45) is 0.959. The first kappa shape index (κ1) is 19.1. The molecule has 0 unspecified atom stereocenters. The van der Waals surface area contributed by atoms with Crippen molar-refractivity contribution in [3.8, 4) is 0 Å². The van der Waals surface area contributed by atoms with Crippen LogP contribution < -0.4 is 10.7 Å². The molecule has 0 saturated heterocycles. The number of amides is 2. The highest BCUT2D eigenvalue weighted by molar-refractivity contribution is 14.1. The quantitative estimate of drug-likeness (QED) is 0.398. The average molecular weight is 449 g/mol. The maximum absolute atomic E-state index is 12.1. The molecule has 0 aromatic heterocycles. The van der Waals surface area contributed by atoms with Crippen molar-refractivity contribution in [3.05, 3.63) is 63.2 Å². The summed E-state index contributed by atoms with van der Waals surface area (Å²) in [6, 6.07) is 14.9. The molecule has 0 fully saturated rings. The lowest BCUT2D eigenvalue weighted by atomic mass is 10.1. The van der Waals surface area contributed by atoms with E-state index in [9.17, 15) is 9.59 Å². The van der Waals surface area contributed by atoms with Gasteiger partial charge in [0.05, 0.1) is 6.42 Å². The Labute approximate surface area is 161 Å². The van der Waals surface area contributed by atoms with E-state index in [1.165, 1.54) is 0 Å². The van der Waals surface area contributed by atoms with Gasteiger partial charge in [-0.15, -0.1) is 0 Å². The summed E-state index contributed by atoms with van der Waals surface area (Å²) in [5.74, 6) is -0.460. The van der Waals surface area contributed by atoms with Gasteiger partial charge < -0.3 is 5.32 Å². The molecule has 2 amide bonds. The topological polar surface area (TPSA) is 70.6 Å². The predicted octanol–water partition coefficient (Wildman–Crippen LogP) is 3.99. The summed E-state index contributed by atoms with van der Waals surface area (Å²) in [6.45, 7) is 3.75. The molecule has 0 aliphatic rings. The van der Waals surface area contributed by atoms with Gasteiger partial charge in [-0.05, 0) is 71.8 Å². The van der Waals surface area contributed by atoms with Crippen LogP contribution in [0.2, 0.25) is 0 Å². The van der Waals surface area contributed by atoms with E-state index in [4.69, 9.17) is 0 Å². The summed E-state index contributed by atoms with van der Waals surface area (Å²) < 4.78 is 1.05. The van der Waals surface area contributed by atoms with E-state index in [1.54, 1.807) is 19.1 Å². The molecule has 2 rings (SSSR count). The van der Waals surface area contributed by atoms with E-state index >= 15 is 0 Å². The fourth-order valence-electron chi connectivity index (χ4n) is 2.23. The second-order valence-corrected chi connectivity index (χ2v) is 6.78. The monoisotopic (exact) mass is 449 g/mol. The highest BCUT2D eigenvalue weighted by atomic mass is 127. The SMILES string of the molecule is CCc1ccccc1NC(=O)C/C(C)=N/NC(=O)c1ccc(I)cc1. The molecule has 2 N–H and O–H groups in total. The van der Waals surface area contributed by atoms with Crippen LogP contribution in [-0.4, -0.2) is 17.5 Å². The van der Waals surface area contributed by atoms with Crippen LogP contribution >= 0.6 is 22.6 Å². The minimum Gasteiger partial charge on any atom is -0.326 e. The first-order valence-electron chi connectivity index (χ1n) is 7.96. The van der Waals surface area contributed by atoms with Crippen molar-refractivity contribution in [3.63, 3.8) is 0 Å². The number of hydrogen-bond acceptors (Lipinski definition) is 3. The molecule has 0 radical (unpaired) electrons. The number of rotatable bonds is 6. The van der Waals surface area contributed by atoms with Crippen molar-refractivity contribution in [2.45, 2.75) is 26.7 Å². The van der Waals surface area contributed by atoms with E-state index in [1.807, 2.05) is 43.3 Å². The van der Waals surface area contributed by atoms with Crippen molar-refractivity contribution in [2.75, 3.05) is 5.32 Å². The molecule has 0 aliphatic heterocycles. The molecule has 25 heavy (non-hydrogen) atoms. The van der Waals surface area contributed by atoms with Gasteiger partial charge in [0.1, 0.15) is 0 Å². The van der Waals surface area contributed by atoms with Crippen molar-refractivity contribution in [1.82, 2.24) is 5.43 Å². The van der Waals surface area contributed by atoms with Gasteiger partial charge in [0, 0.05) is 20.5 Å². The molecular formula is C19H20IN3O2. The van der Waals surface area contributed by atoms with Gasteiger partial charge in [-0.25, -0.2) is 5.43 Å². The Bertz CT molecular complexity index is 786. The highest BCUT2D eigenvalue weighted by Gasteiger charge is 2.08. The number of para-hydroxylation sites is 1. The van der Waals surface area contributed by atoms with Gasteiger partial charge in [-0.2, -0.15) is 5.10 Å². The summed E-state index contributed by atoms with van der Waals surface area (Å²) in [7, 11) is 0. The van der Waals surface area contributed by atoms with Crippen LogP contribution in [0.15, 0.2) is 53.6 Å². The van der Waals surface area contributed by atoms with E-state index in [0.717, 1.165) is 21.2 Å². The normalized spacial score (nSPS) is 11.1. The molecule has 0 aliphatic carbocycles. The van der Waals surface area contributed by atoms with Gasteiger partial charge in [0.2, 0.25) is 5.91 Å². The van der Waals surface area contributed by atoms with Crippen LogP contribution in [0.3, 0.4) is 0 Å². The number of benzene rings is 2. The number of hydrogen-bond donors (Lipinski definition) is 2. The number of carbonyl (C=O) groups excluding carboxylic acids is 2. The zero-order valence-electron chi connectivity index (χ0n) is 14.2. The second-order valence-electron chi connectivity index (χ2n) is 5.53. The van der Waals surface area contributed by atoms with Gasteiger partial charge in [0.15, 0.2) is 0 Å². The Kier molecular flexibility index (Phi) is 7.12. The third kappa shape index (κ3) is 5.97. The Morgan fingerprint density at radius 2 is 1.76 bits per heavy atom.